The molecule has 4 heteroatoms. The topological polar surface area (TPSA) is 58.9 Å². The molecule has 0 saturated carbocycles. The Labute approximate surface area is 74.6 Å². The Morgan fingerprint density at radius 2 is 2.15 bits per heavy atom. The van der Waals surface area contributed by atoms with E-state index in [2.05, 4.69) is 21.5 Å². The summed E-state index contributed by atoms with van der Waals surface area (Å²) in [7, 11) is 0. The molecule has 2 heterocycles. The van der Waals surface area contributed by atoms with Crippen molar-refractivity contribution in [2.24, 2.45) is 0 Å². The number of nitrogens with zero attached hydrogens (tertiary/aromatic N) is 3. The van der Waals surface area contributed by atoms with Crippen molar-refractivity contribution in [2.45, 2.75) is 0 Å². The Balaban J connectivity index is 2.79. The van der Waals surface area contributed by atoms with Crippen LogP contribution in [0.25, 0.3) is 17.1 Å². The number of aromatic nitrogens is 3. The lowest BCUT2D eigenvalue weighted by Gasteiger charge is -1.98. The lowest BCUT2D eigenvalue weighted by Crippen LogP contribution is -1.87. The van der Waals surface area contributed by atoms with Crippen molar-refractivity contribution in [3.8, 4) is 5.88 Å². The standard InChI is InChI=1S/C9H7N3O/c1-2-6-3-7-8(10-4-6)9(13)12-5-11-7/h2-5H,1H2,(H,11,12,13). The van der Waals surface area contributed by atoms with Gasteiger partial charge in [-0.15, -0.1) is 0 Å². The first-order valence-electron chi connectivity index (χ1n) is 3.73. The van der Waals surface area contributed by atoms with Gasteiger partial charge in [-0.3, -0.25) is 0 Å². The maximum Gasteiger partial charge on any atom is 0.241 e. The molecule has 1 N–H and O–H groups in total. The van der Waals surface area contributed by atoms with Crippen molar-refractivity contribution in [2.75, 3.05) is 0 Å². The van der Waals surface area contributed by atoms with Crippen LogP contribution in [-0.4, -0.2) is 20.1 Å². The number of fused-ring (bicyclic) bond motifs is 1. The second-order valence-corrected chi connectivity index (χ2v) is 2.54. The molecule has 0 fully saturated rings. The highest BCUT2D eigenvalue weighted by molar-refractivity contribution is 5.80. The van der Waals surface area contributed by atoms with Gasteiger partial charge in [0.2, 0.25) is 5.88 Å². The van der Waals surface area contributed by atoms with Gasteiger partial charge < -0.3 is 5.11 Å². The van der Waals surface area contributed by atoms with Crippen LogP contribution in [0.15, 0.2) is 25.2 Å². The Morgan fingerprint density at radius 3 is 2.92 bits per heavy atom. The minimum atomic E-state index is -0.0967. The second-order valence-electron chi connectivity index (χ2n) is 2.54. The van der Waals surface area contributed by atoms with Gasteiger partial charge in [-0.2, -0.15) is 0 Å². The Morgan fingerprint density at radius 1 is 1.31 bits per heavy atom. The molecule has 13 heavy (non-hydrogen) atoms. The highest BCUT2D eigenvalue weighted by atomic mass is 16.3. The second kappa shape index (κ2) is 2.82. The monoisotopic (exact) mass is 173 g/mol. The lowest BCUT2D eigenvalue weighted by molar-refractivity contribution is 0.458. The van der Waals surface area contributed by atoms with Gasteiger partial charge in [0.15, 0.2) is 5.52 Å². The summed E-state index contributed by atoms with van der Waals surface area (Å²) in [6.07, 6.45) is 4.58. The molecule has 0 amide bonds. The van der Waals surface area contributed by atoms with Gasteiger partial charge in [0, 0.05) is 6.20 Å². The van der Waals surface area contributed by atoms with E-state index >= 15 is 0 Å². The summed E-state index contributed by atoms with van der Waals surface area (Å²) in [5, 5.41) is 9.30. The molecule has 64 valence electrons. The van der Waals surface area contributed by atoms with Crippen molar-refractivity contribution in [1.82, 2.24) is 15.0 Å². The van der Waals surface area contributed by atoms with Gasteiger partial charge >= 0.3 is 0 Å². The van der Waals surface area contributed by atoms with Crippen LogP contribution in [0.3, 0.4) is 0 Å². The maximum atomic E-state index is 9.30. The minimum Gasteiger partial charge on any atom is -0.492 e. The van der Waals surface area contributed by atoms with Crippen LogP contribution < -0.4 is 0 Å². The van der Waals surface area contributed by atoms with E-state index in [4.69, 9.17) is 0 Å². The van der Waals surface area contributed by atoms with Gasteiger partial charge in [0.1, 0.15) is 6.33 Å². The van der Waals surface area contributed by atoms with Gasteiger partial charge in [-0.25, -0.2) is 15.0 Å². The molecule has 0 unspecified atom stereocenters. The molecule has 0 aliphatic rings. The van der Waals surface area contributed by atoms with Crippen LogP contribution in [-0.2, 0) is 0 Å². The van der Waals surface area contributed by atoms with E-state index in [-0.39, 0.29) is 5.88 Å². The smallest absolute Gasteiger partial charge is 0.241 e. The summed E-state index contributed by atoms with van der Waals surface area (Å²) in [4.78, 5) is 11.6. The molecule has 0 atom stereocenters. The predicted molar refractivity (Wildman–Crippen MR) is 49.1 cm³/mol. The Kier molecular flexibility index (Phi) is 1.66. The zero-order valence-electron chi connectivity index (χ0n) is 6.81. The summed E-state index contributed by atoms with van der Waals surface area (Å²) >= 11 is 0. The summed E-state index contributed by atoms with van der Waals surface area (Å²) in [5.74, 6) is -0.0967. The first kappa shape index (κ1) is 7.67. The van der Waals surface area contributed by atoms with E-state index < -0.39 is 0 Å². The van der Waals surface area contributed by atoms with Crippen LogP contribution in [0.5, 0.6) is 5.88 Å². The molecule has 0 spiro atoms. The lowest BCUT2D eigenvalue weighted by atomic mass is 10.2. The van der Waals surface area contributed by atoms with Gasteiger partial charge in [-0.1, -0.05) is 12.7 Å². The summed E-state index contributed by atoms with van der Waals surface area (Å²) in [6, 6.07) is 1.79. The highest BCUT2D eigenvalue weighted by Gasteiger charge is 2.02. The molecule has 0 radical (unpaired) electrons. The first-order valence-corrected chi connectivity index (χ1v) is 3.73. The zero-order valence-corrected chi connectivity index (χ0v) is 6.81. The van der Waals surface area contributed by atoms with Crippen LogP contribution in [0, 0.1) is 0 Å². The maximum absolute atomic E-state index is 9.30. The molecule has 2 aromatic rings. The van der Waals surface area contributed by atoms with Crippen LogP contribution in [0.1, 0.15) is 5.56 Å². The van der Waals surface area contributed by atoms with Crippen molar-refractivity contribution in [3.63, 3.8) is 0 Å². The van der Waals surface area contributed by atoms with E-state index in [0.29, 0.717) is 11.0 Å². The van der Waals surface area contributed by atoms with Crippen molar-refractivity contribution < 1.29 is 5.11 Å². The fourth-order valence-corrected chi connectivity index (χ4v) is 1.06. The van der Waals surface area contributed by atoms with Gasteiger partial charge in [0.05, 0.1) is 5.52 Å². The van der Waals surface area contributed by atoms with Crippen LogP contribution in [0.4, 0.5) is 0 Å². The van der Waals surface area contributed by atoms with E-state index in [9.17, 15) is 5.11 Å². The normalized spacial score (nSPS) is 10.2. The zero-order chi connectivity index (χ0) is 9.26. The third-order valence-corrected chi connectivity index (χ3v) is 1.71. The third kappa shape index (κ3) is 1.22. The predicted octanol–water partition coefficient (Wildman–Crippen LogP) is 1.37. The molecule has 0 aliphatic carbocycles. The average molecular weight is 173 g/mol. The van der Waals surface area contributed by atoms with E-state index in [1.807, 2.05) is 0 Å². The number of rotatable bonds is 1. The van der Waals surface area contributed by atoms with E-state index in [0.717, 1.165) is 5.56 Å². The number of pyridine rings is 1. The third-order valence-electron chi connectivity index (χ3n) is 1.71. The SMILES string of the molecule is C=Cc1cnc2c(O)ncnc2c1. The van der Waals surface area contributed by atoms with Crippen molar-refractivity contribution in [3.05, 3.63) is 30.7 Å². The van der Waals surface area contributed by atoms with Gasteiger partial charge in [0.25, 0.3) is 0 Å². The number of aromatic hydroxyl groups is 1. The number of hydrogen-bond acceptors (Lipinski definition) is 4. The van der Waals surface area contributed by atoms with Crippen molar-refractivity contribution >= 4 is 17.1 Å². The molecule has 2 aromatic heterocycles. The van der Waals surface area contributed by atoms with E-state index in [1.54, 1.807) is 18.3 Å². The summed E-state index contributed by atoms with van der Waals surface area (Å²) in [5.41, 5.74) is 1.89. The molecule has 0 aliphatic heterocycles. The minimum absolute atomic E-state index is 0.0967. The van der Waals surface area contributed by atoms with Crippen molar-refractivity contribution in [1.29, 1.82) is 0 Å². The fraction of sp³-hybridized carbons (Fsp3) is 0. The molecule has 0 bridgehead atoms. The quantitative estimate of drug-likeness (QED) is 0.707. The summed E-state index contributed by atoms with van der Waals surface area (Å²) < 4.78 is 0. The van der Waals surface area contributed by atoms with Gasteiger partial charge in [-0.05, 0) is 11.6 Å². The number of hydrogen-bond donors (Lipinski definition) is 1. The molecule has 0 aromatic carbocycles. The molecular weight excluding hydrogens is 166 g/mol. The molecular formula is C9H7N3O. The average Bonchev–Trinajstić information content (AvgIpc) is 2.18. The summed E-state index contributed by atoms with van der Waals surface area (Å²) in [6.45, 7) is 3.61. The van der Waals surface area contributed by atoms with E-state index in [1.165, 1.54) is 6.33 Å². The Hall–Kier alpha value is -1.97. The largest absolute Gasteiger partial charge is 0.492 e. The molecule has 0 saturated heterocycles. The van der Waals surface area contributed by atoms with Crippen LogP contribution in [0.2, 0.25) is 0 Å². The first-order chi connectivity index (χ1) is 6.31. The van der Waals surface area contributed by atoms with Crippen LogP contribution >= 0.6 is 0 Å². The highest BCUT2D eigenvalue weighted by Crippen LogP contribution is 2.17. The molecule has 4 nitrogen and oxygen atoms in total. The Bertz CT molecular complexity index is 467. The molecule has 2 rings (SSSR count). The fourth-order valence-electron chi connectivity index (χ4n) is 1.06.